The minimum atomic E-state index is -1.04. The molecule has 66 heavy (non-hydrogen) atoms. The molecule has 6 aromatic heterocycles. The number of carbonyl (C=O) groups is 1. The first-order chi connectivity index (χ1) is 31.7. The van der Waals surface area contributed by atoms with E-state index in [9.17, 15) is 9.59 Å². The van der Waals surface area contributed by atoms with Crippen molar-refractivity contribution in [2.24, 2.45) is 7.05 Å². The van der Waals surface area contributed by atoms with E-state index < -0.39 is 46.0 Å². The molecular weight excluding hydrogens is 856 g/mol. The Morgan fingerprint density at radius 2 is 1.76 bits per heavy atom. The van der Waals surface area contributed by atoms with E-state index in [4.69, 9.17) is 19.5 Å². The number of benzene rings is 2. The third kappa shape index (κ3) is 6.11. The summed E-state index contributed by atoms with van der Waals surface area (Å²) in [5.74, 6) is -2.27. The van der Waals surface area contributed by atoms with Gasteiger partial charge in [0.25, 0.3) is 5.91 Å². The van der Waals surface area contributed by atoms with Crippen LogP contribution in [0.3, 0.4) is 0 Å². The molecule has 0 spiro atoms. The van der Waals surface area contributed by atoms with E-state index in [0.717, 1.165) is 12.8 Å². The van der Waals surface area contributed by atoms with Crippen molar-refractivity contribution in [2.75, 3.05) is 13.2 Å². The van der Waals surface area contributed by atoms with Crippen LogP contribution in [0, 0.1) is 17.5 Å². The zero-order valence-corrected chi connectivity index (χ0v) is 36.5. The largest absolute Gasteiger partial charge is 0.438 e. The molecule has 1 N–H and O–H groups in total. The third-order valence-electron chi connectivity index (χ3n) is 14.2. The molecule has 1 saturated heterocycles. The van der Waals surface area contributed by atoms with Gasteiger partial charge < -0.3 is 9.64 Å². The molecule has 8 heterocycles. The number of aryl methyl sites for hydroxylation is 1. The summed E-state index contributed by atoms with van der Waals surface area (Å²) < 4.78 is 66.3. The molecule has 3 fully saturated rings. The maximum atomic E-state index is 16.9. The number of rotatable bonds is 8. The van der Waals surface area contributed by atoms with Crippen molar-refractivity contribution in [2.45, 2.75) is 94.6 Å². The Labute approximate surface area is 373 Å². The first-order valence-corrected chi connectivity index (χ1v) is 22.3. The molecule has 12 rings (SSSR count). The standard InChI is InChI=1S/C47H44F3N11O5/c1-24-37-33(54-61(27-7-8-31(48)28(19-27)25-5-6-25)41(37)59-17-16-58(45(59)64)36-10-9-35-29(39(36)50)22-51-56(35)4)11-15-57(24)42(62)30-23-60-40(38(30)47(13-14-47)43-52-44(63)66-55-43)32(49)20-34(53-60)26-12-18-65-46(2,3)21-26/h7-10,16-17,19-20,22-26H,5-6,11-15,18,21H2,1-4H3,(H,52,55,63)/t24-,26-/m0/s1. The highest BCUT2D eigenvalue weighted by atomic mass is 19.1. The number of imidazole rings is 1. The Kier molecular flexibility index (Phi) is 8.73. The summed E-state index contributed by atoms with van der Waals surface area (Å²) in [5.41, 5.74) is 1.87. The summed E-state index contributed by atoms with van der Waals surface area (Å²) in [5, 5.41) is 18.4. The van der Waals surface area contributed by atoms with Gasteiger partial charge in [0.1, 0.15) is 17.2 Å². The molecular formula is C47H44F3N11O5. The van der Waals surface area contributed by atoms with Gasteiger partial charge in [0.15, 0.2) is 17.5 Å². The molecule has 19 heteroatoms. The highest BCUT2D eigenvalue weighted by Crippen LogP contribution is 2.55. The fourth-order valence-corrected chi connectivity index (χ4v) is 10.6. The molecule has 2 aromatic carbocycles. The monoisotopic (exact) mass is 899 g/mol. The van der Waals surface area contributed by atoms with E-state index in [1.807, 2.05) is 20.8 Å². The number of aromatic nitrogens is 10. The predicted octanol–water partition coefficient (Wildman–Crippen LogP) is 6.83. The number of hydrogen-bond acceptors (Lipinski definition) is 9. The Balaban J connectivity index is 1.00. The molecule has 0 radical (unpaired) electrons. The van der Waals surface area contributed by atoms with Gasteiger partial charge in [-0.25, -0.2) is 32.0 Å². The van der Waals surface area contributed by atoms with Gasteiger partial charge in [0.05, 0.1) is 62.5 Å². The Morgan fingerprint density at radius 1 is 0.955 bits per heavy atom. The van der Waals surface area contributed by atoms with Gasteiger partial charge in [-0.1, -0.05) is 5.16 Å². The van der Waals surface area contributed by atoms with Crippen LogP contribution in [0.15, 0.2) is 75.3 Å². The van der Waals surface area contributed by atoms with Crippen LogP contribution >= 0.6 is 0 Å². The number of carbonyl (C=O) groups excluding carboxylic acids is 1. The second kappa shape index (κ2) is 14.2. The van der Waals surface area contributed by atoms with Gasteiger partial charge in [-0.2, -0.15) is 15.3 Å². The maximum absolute atomic E-state index is 16.9. The molecule has 2 atom stereocenters. The molecule has 16 nitrogen and oxygen atoms in total. The quantitative estimate of drug-likeness (QED) is 0.172. The number of ether oxygens (including phenoxy) is 1. The second-order valence-corrected chi connectivity index (χ2v) is 18.9. The van der Waals surface area contributed by atoms with Crippen molar-refractivity contribution in [3.63, 3.8) is 0 Å². The first-order valence-electron chi connectivity index (χ1n) is 22.3. The Morgan fingerprint density at radius 3 is 2.50 bits per heavy atom. The molecule has 8 aromatic rings. The van der Waals surface area contributed by atoms with Crippen LogP contribution in [-0.2, 0) is 23.6 Å². The van der Waals surface area contributed by atoms with E-state index in [2.05, 4.69) is 15.2 Å². The topological polar surface area (TPSA) is 168 Å². The Bertz CT molecular complexity index is 3450. The van der Waals surface area contributed by atoms with Gasteiger partial charge >= 0.3 is 11.4 Å². The van der Waals surface area contributed by atoms with Gasteiger partial charge in [0, 0.05) is 62.3 Å². The number of hydrogen-bond donors (Lipinski definition) is 1. The average Bonchev–Trinajstić information content (AvgIpc) is 4.03. The molecule has 2 aliphatic carbocycles. The van der Waals surface area contributed by atoms with E-state index in [-0.39, 0.29) is 58.6 Å². The van der Waals surface area contributed by atoms with Crippen molar-refractivity contribution >= 4 is 22.3 Å². The van der Waals surface area contributed by atoms with E-state index in [0.29, 0.717) is 77.4 Å². The Hall–Kier alpha value is -7.02. The fraction of sp³-hybridized carbons (Fsp3) is 0.383. The molecule has 0 bridgehead atoms. The number of amides is 1. The van der Waals surface area contributed by atoms with Gasteiger partial charge in [-0.15, -0.1) is 0 Å². The SMILES string of the molecule is C[C@H]1c2c(nn(-c3ccc(F)c(C4CC4)c3)c2-n2ccn(-c3ccc4c(cnn4C)c3F)c2=O)CCN1C(=O)c1cn2nc([C@H]3CCOC(C)(C)C3)cc(F)c2c1C1(c2noc(=O)[nH]2)CC1. The first kappa shape index (κ1) is 40.5. The van der Waals surface area contributed by atoms with Gasteiger partial charge in [0.2, 0.25) is 0 Å². The highest BCUT2D eigenvalue weighted by molar-refractivity contribution is 5.99. The number of halogens is 3. The smallest absolute Gasteiger partial charge is 0.376 e. The maximum Gasteiger partial charge on any atom is 0.438 e. The van der Waals surface area contributed by atoms with E-state index in [1.54, 1.807) is 45.7 Å². The lowest BCUT2D eigenvalue weighted by Crippen LogP contribution is -2.40. The van der Waals surface area contributed by atoms with Crippen molar-refractivity contribution in [3.05, 3.63) is 139 Å². The van der Waals surface area contributed by atoms with Crippen molar-refractivity contribution in [1.82, 2.24) is 53.3 Å². The lowest BCUT2D eigenvalue weighted by molar-refractivity contribution is -0.0599. The summed E-state index contributed by atoms with van der Waals surface area (Å²) in [6, 6.07) is 8.67. The predicted molar refractivity (Wildman–Crippen MR) is 232 cm³/mol. The molecule has 4 aliphatic rings. The van der Waals surface area contributed by atoms with E-state index >= 15 is 18.0 Å². The number of H-pyrrole nitrogens is 1. The molecule has 2 aliphatic heterocycles. The van der Waals surface area contributed by atoms with Crippen molar-refractivity contribution in [1.29, 1.82) is 0 Å². The molecule has 0 unspecified atom stereocenters. The highest BCUT2D eigenvalue weighted by Gasteiger charge is 2.54. The van der Waals surface area contributed by atoms with Crippen molar-refractivity contribution in [3.8, 4) is 17.2 Å². The van der Waals surface area contributed by atoms with E-state index in [1.165, 1.54) is 50.4 Å². The fourth-order valence-electron chi connectivity index (χ4n) is 10.6. The zero-order chi connectivity index (χ0) is 45.6. The van der Waals surface area contributed by atoms with Crippen LogP contribution < -0.4 is 11.4 Å². The lowest BCUT2D eigenvalue weighted by atomic mass is 9.86. The number of aromatic amines is 1. The van der Waals surface area contributed by atoms with Gasteiger partial charge in [-0.05, 0) is 107 Å². The minimum absolute atomic E-state index is 0.0159. The molecule has 338 valence electrons. The van der Waals surface area contributed by atoms with Crippen LogP contribution in [0.2, 0.25) is 0 Å². The summed E-state index contributed by atoms with van der Waals surface area (Å²) in [6.07, 6.45) is 10.1. The summed E-state index contributed by atoms with van der Waals surface area (Å²) in [7, 11) is 1.70. The zero-order valence-electron chi connectivity index (χ0n) is 36.5. The van der Waals surface area contributed by atoms with Crippen LogP contribution in [0.1, 0.15) is 121 Å². The van der Waals surface area contributed by atoms with Crippen LogP contribution in [0.5, 0.6) is 0 Å². The number of nitrogens with one attached hydrogen (secondary N) is 1. The van der Waals surface area contributed by atoms with Crippen LogP contribution in [0.4, 0.5) is 13.2 Å². The van der Waals surface area contributed by atoms with Crippen LogP contribution in [-0.4, -0.2) is 78.0 Å². The summed E-state index contributed by atoms with van der Waals surface area (Å²) in [6.45, 7) is 6.52. The summed E-state index contributed by atoms with van der Waals surface area (Å²) >= 11 is 0. The third-order valence-corrected chi connectivity index (χ3v) is 14.2. The number of nitrogens with zero attached hydrogens (tertiary/aromatic N) is 10. The second-order valence-electron chi connectivity index (χ2n) is 18.9. The number of fused-ring (bicyclic) bond motifs is 3. The van der Waals surface area contributed by atoms with Gasteiger partial charge in [-0.3, -0.25) is 28.1 Å². The lowest BCUT2D eigenvalue weighted by Gasteiger charge is -2.35. The average molecular weight is 900 g/mol. The minimum Gasteiger partial charge on any atom is -0.376 e. The van der Waals surface area contributed by atoms with Crippen LogP contribution in [0.25, 0.3) is 33.6 Å². The molecule has 1 amide bonds. The van der Waals surface area contributed by atoms with Crippen molar-refractivity contribution < 1.29 is 27.2 Å². The summed E-state index contributed by atoms with van der Waals surface area (Å²) in [4.78, 5) is 46.8. The normalized spacial score (nSPS) is 20.1. The molecule has 2 saturated carbocycles.